The molecule has 0 aromatic heterocycles. The third-order valence-electron chi connectivity index (χ3n) is 3.09. The van der Waals surface area contributed by atoms with E-state index in [0.717, 1.165) is 11.3 Å². The van der Waals surface area contributed by atoms with Gasteiger partial charge < -0.3 is 15.2 Å². The van der Waals surface area contributed by atoms with Crippen molar-refractivity contribution in [1.82, 2.24) is 5.32 Å². The molecule has 0 saturated heterocycles. The molecule has 19 heavy (non-hydrogen) atoms. The van der Waals surface area contributed by atoms with Gasteiger partial charge in [-0.25, -0.2) is 0 Å². The SMILES string of the molecule is CC(CC(=O)O)CC(=O)NC1COc2ccccc21. The minimum absolute atomic E-state index is 0.00513. The Kier molecular flexibility index (Phi) is 4.04. The highest BCUT2D eigenvalue weighted by molar-refractivity contribution is 5.78. The van der Waals surface area contributed by atoms with Crippen molar-refractivity contribution in [2.45, 2.75) is 25.8 Å². The van der Waals surface area contributed by atoms with Crippen molar-refractivity contribution in [3.05, 3.63) is 29.8 Å². The minimum Gasteiger partial charge on any atom is -0.491 e. The number of amides is 1. The van der Waals surface area contributed by atoms with Gasteiger partial charge >= 0.3 is 5.97 Å². The van der Waals surface area contributed by atoms with Crippen LogP contribution in [0.15, 0.2) is 24.3 Å². The minimum atomic E-state index is -0.880. The fraction of sp³-hybridized carbons (Fsp3) is 0.429. The number of ether oxygens (including phenoxy) is 1. The summed E-state index contributed by atoms with van der Waals surface area (Å²) in [6.45, 7) is 2.19. The third kappa shape index (κ3) is 3.47. The first-order chi connectivity index (χ1) is 9.06. The molecule has 0 radical (unpaired) electrons. The summed E-state index contributed by atoms with van der Waals surface area (Å²) in [6.07, 6.45) is 0.218. The van der Waals surface area contributed by atoms with E-state index in [-0.39, 0.29) is 30.7 Å². The summed E-state index contributed by atoms with van der Waals surface area (Å²) in [5.41, 5.74) is 0.974. The standard InChI is InChI=1S/C14H17NO4/c1-9(7-14(17)18)6-13(16)15-11-8-19-12-5-3-2-4-10(11)12/h2-5,9,11H,6-8H2,1H3,(H,15,16)(H,17,18). The Bertz CT molecular complexity index is 486. The number of aliphatic carboxylic acids is 1. The van der Waals surface area contributed by atoms with Crippen molar-refractivity contribution in [3.63, 3.8) is 0 Å². The molecule has 102 valence electrons. The van der Waals surface area contributed by atoms with Gasteiger partial charge in [0.15, 0.2) is 0 Å². The molecule has 1 aromatic rings. The van der Waals surface area contributed by atoms with Gasteiger partial charge in [0, 0.05) is 18.4 Å². The number of carbonyl (C=O) groups excluding carboxylic acids is 1. The zero-order valence-electron chi connectivity index (χ0n) is 10.8. The van der Waals surface area contributed by atoms with Crippen LogP contribution in [0.5, 0.6) is 5.75 Å². The predicted octanol–water partition coefficient (Wildman–Crippen LogP) is 1.74. The van der Waals surface area contributed by atoms with E-state index in [4.69, 9.17) is 9.84 Å². The first-order valence-corrected chi connectivity index (χ1v) is 6.29. The number of para-hydroxylation sites is 1. The van der Waals surface area contributed by atoms with Gasteiger partial charge in [-0.3, -0.25) is 9.59 Å². The molecule has 0 bridgehead atoms. The molecule has 2 atom stereocenters. The van der Waals surface area contributed by atoms with Gasteiger partial charge in [-0.15, -0.1) is 0 Å². The monoisotopic (exact) mass is 263 g/mol. The molecule has 2 unspecified atom stereocenters. The molecule has 1 amide bonds. The van der Waals surface area contributed by atoms with Crippen molar-refractivity contribution in [3.8, 4) is 5.75 Å². The molecule has 0 fully saturated rings. The zero-order valence-corrected chi connectivity index (χ0v) is 10.8. The van der Waals surface area contributed by atoms with Crippen molar-refractivity contribution < 1.29 is 19.4 Å². The molecule has 5 heteroatoms. The molecule has 2 N–H and O–H groups in total. The van der Waals surface area contributed by atoms with Crippen LogP contribution in [0.1, 0.15) is 31.4 Å². The average Bonchev–Trinajstić information content (AvgIpc) is 2.71. The quantitative estimate of drug-likeness (QED) is 0.848. The summed E-state index contributed by atoms with van der Waals surface area (Å²) < 4.78 is 5.47. The van der Waals surface area contributed by atoms with Gasteiger partial charge in [0.2, 0.25) is 5.91 Å². The Morgan fingerprint density at radius 1 is 1.42 bits per heavy atom. The maximum atomic E-state index is 11.8. The summed E-state index contributed by atoms with van der Waals surface area (Å²) in [6, 6.07) is 7.45. The van der Waals surface area contributed by atoms with Crippen LogP contribution >= 0.6 is 0 Å². The summed E-state index contributed by atoms with van der Waals surface area (Å²) >= 11 is 0. The molecule has 0 saturated carbocycles. The Morgan fingerprint density at radius 2 is 2.16 bits per heavy atom. The van der Waals surface area contributed by atoms with Gasteiger partial charge in [-0.2, -0.15) is 0 Å². The molecular formula is C14H17NO4. The normalized spacial score (nSPS) is 18.3. The Labute approximate surface area is 111 Å². The molecule has 1 aromatic carbocycles. The Balaban J connectivity index is 1.89. The fourth-order valence-electron chi connectivity index (χ4n) is 2.22. The van der Waals surface area contributed by atoms with Gasteiger partial charge in [0.05, 0.1) is 6.04 Å². The number of fused-ring (bicyclic) bond motifs is 1. The van der Waals surface area contributed by atoms with E-state index in [9.17, 15) is 9.59 Å². The molecule has 2 rings (SSSR count). The molecule has 1 aliphatic rings. The van der Waals surface area contributed by atoms with Crippen LogP contribution in [0.4, 0.5) is 0 Å². The van der Waals surface area contributed by atoms with Gasteiger partial charge in [-0.05, 0) is 12.0 Å². The second-order valence-corrected chi connectivity index (χ2v) is 4.88. The molecule has 1 heterocycles. The lowest BCUT2D eigenvalue weighted by Crippen LogP contribution is -2.30. The van der Waals surface area contributed by atoms with Crippen LogP contribution in [-0.4, -0.2) is 23.6 Å². The third-order valence-corrected chi connectivity index (χ3v) is 3.09. The van der Waals surface area contributed by atoms with Gasteiger partial charge in [0.25, 0.3) is 0 Å². The molecule has 0 aliphatic carbocycles. The number of carbonyl (C=O) groups is 2. The topological polar surface area (TPSA) is 75.6 Å². The molecule has 1 aliphatic heterocycles. The summed E-state index contributed by atoms with van der Waals surface area (Å²) in [5.74, 6) is -0.393. The molecule has 5 nitrogen and oxygen atoms in total. The van der Waals surface area contributed by atoms with Crippen molar-refractivity contribution in [2.24, 2.45) is 5.92 Å². The van der Waals surface area contributed by atoms with E-state index in [2.05, 4.69) is 5.32 Å². The molecular weight excluding hydrogens is 246 g/mol. The average molecular weight is 263 g/mol. The van der Waals surface area contributed by atoms with Gasteiger partial charge in [0.1, 0.15) is 12.4 Å². The largest absolute Gasteiger partial charge is 0.491 e. The zero-order chi connectivity index (χ0) is 13.8. The van der Waals surface area contributed by atoms with Gasteiger partial charge in [-0.1, -0.05) is 25.1 Å². The number of benzene rings is 1. The highest BCUT2D eigenvalue weighted by Crippen LogP contribution is 2.31. The Hall–Kier alpha value is -2.04. The predicted molar refractivity (Wildman–Crippen MR) is 68.9 cm³/mol. The number of hydrogen-bond acceptors (Lipinski definition) is 3. The number of carboxylic acids is 1. The van der Waals surface area contributed by atoms with Crippen molar-refractivity contribution in [1.29, 1.82) is 0 Å². The fourth-order valence-corrected chi connectivity index (χ4v) is 2.22. The van der Waals surface area contributed by atoms with E-state index in [0.29, 0.717) is 6.61 Å². The van der Waals surface area contributed by atoms with Crippen LogP contribution in [0, 0.1) is 5.92 Å². The number of hydrogen-bond donors (Lipinski definition) is 2. The first kappa shape index (κ1) is 13.4. The number of nitrogens with one attached hydrogen (secondary N) is 1. The first-order valence-electron chi connectivity index (χ1n) is 6.29. The van der Waals surface area contributed by atoms with Crippen molar-refractivity contribution >= 4 is 11.9 Å². The second kappa shape index (κ2) is 5.73. The lowest BCUT2D eigenvalue weighted by Gasteiger charge is -2.14. The maximum absolute atomic E-state index is 11.8. The van der Waals surface area contributed by atoms with Crippen molar-refractivity contribution in [2.75, 3.05) is 6.61 Å². The molecule has 0 spiro atoms. The summed E-state index contributed by atoms with van der Waals surface area (Å²) in [5, 5.41) is 11.5. The van der Waals surface area contributed by atoms with Crippen LogP contribution in [0.3, 0.4) is 0 Å². The maximum Gasteiger partial charge on any atom is 0.303 e. The second-order valence-electron chi connectivity index (χ2n) is 4.88. The van der Waals surface area contributed by atoms with Crippen LogP contribution in [0.2, 0.25) is 0 Å². The number of rotatable bonds is 5. The lowest BCUT2D eigenvalue weighted by molar-refractivity contribution is -0.138. The summed E-state index contributed by atoms with van der Waals surface area (Å²) in [7, 11) is 0. The lowest BCUT2D eigenvalue weighted by atomic mass is 10.0. The van der Waals surface area contributed by atoms with E-state index in [1.165, 1.54) is 0 Å². The number of carboxylic acid groups (broad SMARTS) is 1. The van der Waals surface area contributed by atoms with E-state index >= 15 is 0 Å². The van der Waals surface area contributed by atoms with E-state index in [1.807, 2.05) is 24.3 Å². The summed E-state index contributed by atoms with van der Waals surface area (Å²) in [4.78, 5) is 22.4. The van der Waals surface area contributed by atoms with Crippen LogP contribution in [-0.2, 0) is 9.59 Å². The van der Waals surface area contributed by atoms with E-state index in [1.54, 1.807) is 6.92 Å². The van der Waals surface area contributed by atoms with Crippen LogP contribution in [0.25, 0.3) is 0 Å². The highest BCUT2D eigenvalue weighted by Gasteiger charge is 2.25. The highest BCUT2D eigenvalue weighted by atomic mass is 16.5. The smallest absolute Gasteiger partial charge is 0.303 e. The Morgan fingerprint density at radius 3 is 2.89 bits per heavy atom. The van der Waals surface area contributed by atoms with E-state index < -0.39 is 5.97 Å². The van der Waals surface area contributed by atoms with Crippen LogP contribution < -0.4 is 10.1 Å².